The Morgan fingerprint density at radius 1 is 1.46 bits per heavy atom. The summed E-state index contributed by atoms with van der Waals surface area (Å²) in [4.78, 5) is 4.32. The van der Waals surface area contributed by atoms with E-state index in [-0.39, 0.29) is 0 Å². The SMILES string of the molecule is CCCc1nccn1CCCCN. The van der Waals surface area contributed by atoms with Crippen LogP contribution < -0.4 is 5.73 Å². The van der Waals surface area contributed by atoms with Crippen LogP contribution in [0.1, 0.15) is 32.0 Å². The van der Waals surface area contributed by atoms with E-state index in [1.54, 1.807) is 0 Å². The van der Waals surface area contributed by atoms with Crippen molar-refractivity contribution in [3.8, 4) is 0 Å². The zero-order valence-electron chi connectivity index (χ0n) is 8.37. The average molecular weight is 181 g/mol. The van der Waals surface area contributed by atoms with E-state index in [2.05, 4.69) is 22.7 Å². The topological polar surface area (TPSA) is 43.8 Å². The van der Waals surface area contributed by atoms with Crippen LogP contribution in [0.25, 0.3) is 0 Å². The maximum atomic E-state index is 5.44. The van der Waals surface area contributed by atoms with E-state index in [0.717, 1.165) is 38.8 Å². The number of imidazole rings is 1. The van der Waals surface area contributed by atoms with Gasteiger partial charge in [-0.05, 0) is 25.8 Å². The van der Waals surface area contributed by atoms with Crippen LogP contribution in [0.4, 0.5) is 0 Å². The van der Waals surface area contributed by atoms with E-state index in [0.29, 0.717) is 0 Å². The quantitative estimate of drug-likeness (QED) is 0.677. The minimum absolute atomic E-state index is 0.789. The molecule has 1 aromatic heterocycles. The lowest BCUT2D eigenvalue weighted by Crippen LogP contribution is -2.05. The smallest absolute Gasteiger partial charge is 0.108 e. The molecule has 0 saturated carbocycles. The maximum Gasteiger partial charge on any atom is 0.108 e. The van der Waals surface area contributed by atoms with Crippen molar-refractivity contribution in [3.05, 3.63) is 18.2 Å². The fraction of sp³-hybridized carbons (Fsp3) is 0.700. The summed E-state index contributed by atoms with van der Waals surface area (Å²) in [5.74, 6) is 1.21. The van der Waals surface area contributed by atoms with Crippen LogP contribution in [0.2, 0.25) is 0 Å². The van der Waals surface area contributed by atoms with Gasteiger partial charge < -0.3 is 10.3 Å². The van der Waals surface area contributed by atoms with Gasteiger partial charge in [0, 0.05) is 25.4 Å². The molecule has 3 heteroatoms. The van der Waals surface area contributed by atoms with Crippen molar-refractivity contribution in [1.29, 1.82) is 0 Å². The molecule has 0 saturated heterocycles. The third-order valence-electron chi connectivity index (χ3n) is 2.13. The van der Waals surface area contributed by atoms with Crippen molar-refractivity contribution < 1.29 is 0 Å². The Hall–Kier alpha value is -0.830. The first kappa shape index (κ1) is 10.3. The number of nitrogens with two attached hydrogens (primary N) is 1. The number of unbranched alkanes of at least 4 members (excludes halogenated alkanes) is 1. The van der Waals surface area contributed by atoms with Crippen LogP contribution >= 0.6 is 0 Å². The molecule has 13 heavy (non-hydrogen) atoms. The zero-order valence-corrected chi connectivity index (χ0v) is 8.37. The first-order valence-corrected chi connectivity index (χ1v) is 5.08. The lowest BCUT2D eigenvalue weighted by Gasteiger charge is -2.05. The number of aromatic nitrogens is 2. The van der Waals surface area contributed by atoms with Crippen LogP contribution in [-0.4, -0.2) is 16.1 Å². The van der Waals surface area contributed by atoms with E-state index in [9.17, 15) is 0 Å². The molecule has 0 atom stereocenters. The molecule has 0 aliphatic carbocycles. The predicted octanol–water partition coefficient (Wildman–Crippen LogP) is 1.57. The summed E-state index contributed by atoms with van der Waals surface area (Å²) >= 11 is 0. The molecule has 0 aliphatic rings. The van der Waals surface area contributed by atoms with Gasteiger partial charge in [0.1, 0.15) is 5.82 Å². The Kier molecular flexibility index (Phi) is 4.54. The van der Waals surface area contributed by atoms with Crippen molar-refractivity contribution in [2.45, 2.75) is 39.2 Å². The van der Waals surface area contributed by atoms with E-state index in [1.807, 2.05) is 6.20 Å². The van der Waals surface area contributed by atoms with E-state index in [4.69, 9.17) is 5.73 Å². The van der Waals surface area contributed by atoms with Crippen molar-refractivity contribution in [3.63, 3.8) is 0 Å². The average Bonchev–Trinajstić information content (AvgIpc) is 2.54. The van der Waals surface area contributed by atoms with Gasteiger partial charge in [-0.3, -0.25) is 0 Å². The minimum Gasteiger partial charge on any atom is -0.335 e. The summed E-state index contributed by atoms with van der Waals surface area (Å²) in [6, 6.07) is 0. The van der Waals surface area contributed by atoms with Crippen molar-refractivity contribution in [2.24, 2.45) is 5.73 Å². The predicted molar refractivity (Wildman–Crippen MR) is 54.5 cm³/mol. The largest absolute Gasteiger partial charge is 0.335 e. The van der Waals surface area contributed by atoms with Gasteiger partial charge in [-0.15, -0.1) is 0 Å². The van der Waals surface area contributed by atoms with Gasteiger partial charge in [0.2, 0.25) is 0 Å². The number of hydrogen-bond acceptors (Lipinski definition) is 2. The second-order valence-corrected chi connectivity index (χ2v) is 3.28. The van der Waals surface area contributed by atoms with Crippen molar-refractivity contribution in [2.75, 3.05) is 6.54 Å². The second-order valence-electron chi connectivity index (χ2n) is 3.28. The van der Waals surface area contributed by atoms with Crippen molar-refractivity contribution in [1.82, 2.24) is 9.55 Å². The maximum absolute atomic E-state index is 5.44. The summed E-state index contributed by atoms with van der Waals surface area (Å²) in [7, 11) is 0. The standard InChI is InChI=1S/C10H19N3/c1-2-5-10-12-7-9-13(10)8-4-3-6-11/h7,9H,2-6,8,11H2,1H3. The molecule has 1 rings (SSSR count). The number of aryl methyl sites for hydroxylation is 2. The molecule has 0 aromatic carbocycles. The van der Waals surface area contributed by atoms with Crippen LogP contribution in [0, 0.1) is 0 Å². The number of rotatable bonds is 6. The number of nitrogens with zero attached hydrogens (tertiary/aromatic N) is 2. The Balaban J connectivity index is 2.40. The molecule has 0 unspecified atom stereocenters. The molecule has 0 spiro atoms. The fourth-order valence-corrected chi connectivity index (χ4v) is 1.42. The molecule has 0 fully saturated rings. The van der Waals surface area contributed by atoms with Gasteiger partial charge in [-0.2, -0.15) is 0 Å². The molecular formula is C10H19N3. The monoisotopic (exact) mass is 181 g/mol. The van der Waals surface area contributed by atoms with Crippen LogP contribution in [-0.2, 0) is 13.0 Å². The molecule has 0 radical (unpaired) electrons. The normalized spacial score (nSPS) is 10.6. The van der Waals surface area contributed by atoms with Gasteiger partial charge in [0.05, 0.1) is 0 Å². The highest BCUT2D eigenvalue weighted by Crippen LogP contribution is 2.03. The van der Waals surface area contributed by atoms with Gasteiger partial charge >= 0.3 is 0 Å². The molecule has 1 heterocycles. The van der Waals surface area contributed by atoms with Gasteiger partial charge in [0.15, 0.2) is 0 Å². The first-order chi connectivity index (χ1) is 6.38. The summed E-state index contributed by atoms with van der Waals surface area (Å²) < 4.78 is 2.24. The van der Waals surface area contributed by atoms with E-state index < -0.39 is 0 Å². The zero-order chi connectivity index (χ0) is 9.52. The molecule has 0 aliphatic heterocycles. The highest BCUT2D eigenvalue weighted by Gasteiger charge is 1.99. The van der Waals surface area contributed by atoms with Crippen LogP contribution in [0.15, 0.2) is 12.4 Å². The summed E-state index contributed by atoms with van der Waals surface area (Å²) in [5.41, 5.74) is 5.44. The highest BCUT2D eigenvalue weighted by molar-refractivity contribution is 4.92. The molecule has 1 aromatic rings. The Morgan fingerprint density at radius 3 is 3.00 bits per heavy atom. The summed E-state index contributed by atoms with van der Waals surface area (Å²) in [6.07, 6.45) is 8.44. The molecule has 0 bridgehead atoms. The van der Waals surface area contributed by atoms with Gasteiger partial charge in [-0.1, -0.05) is 6.92 Å². The van der Waals surface area contributed by atoms with Gasteiger partial charge in [-0.25, -0.2) is 4.98 Å². The third-order valence-corrected chi connectivity index (χ3v) is 2.13. The fourth-order valence-electron chi connectivity index (χ4n) is 1.42. The summed E-state index contributed by atoms with van der Waals surface area (Å²) in [6.45, 7) is 4.03. The molecule has 74 valence electrons. The lowest BCUT2D eigenvalue weighted by atomic mass is 10.3. The summed E-state index contributed by atoms with van der Waals surface area (Å²) in [5, 5.41) is 0. The lowest BCUT2D eigenvalue weighted by molar-refractivity contribution is 0.586. The molecule has 3 nitrogen and oxygen atoms in total. The Labute approximate surface area is 80.0 Å². The van der Waals surface area contributed by atoms with E-state index in [1.165, 1.54) is 5.82 Å². The van der Waals surface area contributed by atoms with Crippen molar-refractivity contribution >= 4 is 0 Å². The highest BCUT2D eigenvalue weighted by atomic mass is 15.1. The second kappa shape index (κ2) is 5.75. The molecule has 2 N–H and O–H groups in total. The number of hydrogen-bond donors (Lipinski definition) is 1. The van der Waals surface area contributed by atoms with Crippen LogP contribution in [0.5, 0.6) is 0 Å². The molecular weight excluding hydrogens is 162 g/mol. The third kappa shape index (κ3) is 3.19. The Morgan fingerprint density at radius 2 is 2.31 bits per heavy atom. The van der Waals surface area contributed by atoms with Crippen LogP contribution in [0.3, 0.4) is 0 Å². The van der Waals surface area contributed by atoms with Gasteiger partial charge in [0.25, 0.3) is 0 Å². The van der Waals surface area contributed by atoms with E-state index >= 15 is 0 Å². The Bertz CT molecular complexity index is 230. The minimum atomic E-state index is 0.789. The first-order valence-electron chi connectivity index (χ1n) is 5.08. The molecule has 0 amide bonds.